The molecule has 0 saturated carbocycles. The van der Waals surface area contributed by atoms with Crippen molar-refractivity contribution in [3.05, 3.63) is 39.5 Å². The fourth-order valence-corrected chi connectivity index (χ4v) is 3.95. The number of fused-ring (bicyclic) bond motifs is 1. The number of carboxylic acid groups (broad SMARTS) is 1. The first kappa shape index (κ1) is 19.9. The number of nitrogens with zero attached hydrogens (tertiary/aromatic N) is 2. The number of ether oxygens (including phenoxy) is 2. The summed E-state index contributed by atoms with van der Waals surface area (Å²) in [4.78, 5) is 31.5. The van der Waals surface area contributed by atoms with Gasteiger partial charge in [-0.1, -0.05) is 6.92 Å². The predicted octanol–water partition coefficient (Wildman–Crippen LogP) is 3.52. The average Bonchev–Trinajstić information content (AvgIpc) is 3.10. The lowest BCUT2D eigenvalue weighted by Crippen LogP contribution is -2.43. The Bertz CT molecular complexity index is 1110. The van der Waals surface area contributed by atoms with Crippen molar-refractivity contribution in [2.24, 2.45) is 0 Å². The molecule has 0 saturated heterocycles. The van der Waals surface area contributed by atoms with Gasteiger partial charge in [0, 0.05) is 10.4 Å². The van der Waals surface area contributed by atoms with E-state index in [2.05, 4.69) is 4.98 Å². The van der Waals surface area contributed by atoms with Crippen LogP contribution in [0.4, 0.5) is 0 Å². The Morgan fingerprint density at radius 3 is 2.46 bits per heavy atom. The van der Waals surface area contributed by atoms with Gasteiger partial charge in [-0.3, -0.25) is 9.36 Å². The zero-order chi connectivity index (χ0) is 20.6. The summed E-state index contributed by atoms with van der Waals surface area (Å²) in [6.07, 6.45) is 0.772. The Labute approximate surface area is 166 Å². The van der Waals surface area contributed by atoms with Crippen LogP contribution < -0.4 is 15.0 Å². The molecule has 3 aromatic rings. The minimum atomic E-state index is -1.49. The summed E-state index contributed by atoms with van der Waals surface area (Å²) in [6.45, 7) is 4.98. The largest absolute Gasteiger partial charge is 0.493 e. The molecule has 0 aliphatic heterocycles. The van der Waals surface area contributed by atoms with E-state index in [4.69, 9.17) is 9.47 Å². The van der Waals surface area contributed by atoms with Gasteiger partial charge in [-0.25, -0.2) is 9.78 Å². The predicted molar refractivity (Wildman–Crippen MR) is 109 cm³/mol. The maximum absolute atomic E-state index is 13.3. The van der Waals surface area contributed by atoms with Crippen molar-refractivity contribution in [1.82, 2.24) is 9.55 Å². The van der Waals surface area contributed by atoms with Crippen molar-refractivity contribution < 1.29 is 19.4 Å². The summed E-state index contributed by atoms with van der Waals surface area (Å²) in [5.74, 6) is 0.149. The monoisotopic (exact) mass is 402 g/mol. The fraction of sp³-hybridized carbons (Fsp3) is 0.350. The highest BCUT2D eigenvalue weighted by Crippen LogP contribution is 2.34. The topological polar surface area (TPSA) is 90.7 Å². The lowest BCUT2D eigenvalue weighted by Gasteiger charge is -2.25. The second kappa shape index (κ2) is 7.27. The van der Waals surface area contributed by atoms with Crippen LogP contribution in [-0.4, -0.2) is 34.8 Å². The van der Waals surface area contributed by atoms with Gasteiger partial charge in [0.15, 0.2) is 11.5 Å². The molecule has 3 rings (SSSR count). The average molecular weight is 402 g/mol. The number of carbonyl (C=O) groups is 1. The molecule has 0 amide bonds. The van der Waals surface area contributed by atoms with Crippen molar-refractivity contribution in [1.29, 1.82) is 0 Å². The fourth-order valence-electron chi connectivity index (χ4n) is 2.99. The van der Waals surface area contributed by atoms with Crippen LogP contribution in [0.1, 0.15) is 25.6 Å². The number of aromatic nitrogens is 2. The maximum Gasteiger partial charge on any atom is 0.329 e. The van der Waals surface area contributed by atoms with Crippen LogP contribution in [0.2, 0.25) is 0 Å². The summed E-state index contributed by atoms with van der Waals surface area (Å²) in [5, 5.41) is 10.2. The molecule has 1 N–H and O–H groups in total. The molecule has 0 fully saturated rings. The van der Waals surface area contributed by atoms with Crippen molar-refractivity contribution in [3.8, 4) is 22.9 Å². The number of aryl methyl sites for hydroxylation is 1. The van der Waals surface area contributed by atoms with Crippen LogP contribution in [0.15, 0.2) is 29.1 Å². The van der Waals surface area contributed by atoms with E-state index in [1.54, 1.807) is 24.3 Å². The molecule has 0 aliphatic rings. The van der Waals surface area contributed by atoms with Gasteiger partial charge in [-0.2, -0.15) is 0 Å². The van der Waals surface area contributed by atoms with Crippen LogP contribution in [0.25, 0.3) is 21.6 Å². The van der Waals surface area contributed by atoms with E-state index in [1.807, 2.05) is 6.92 Å². The third-order valence-electron chi connectivity index (χ3n) is 4.69. The Morgan fingerprint density at radius 2 is 1.89 bits per heavy atom. The molecular formula is C20H22N2O5S. The number of carboxylic acids is 1. The Balaban J connectivity index is 2.41. The highest BCUT2D eigenvalue weighted by atomic mass is 32.1. The lowest BCUT2D eigenvalue weighted by molar-refractivity contribution is -0.145. The molecule has 0 aliphatic carbocycles. The number of rotatable bonds is 6. The first-order valence-corrected chi connectivity index (χ1v) is 9.58. The molecule has 8 heteroatoms. The third-order valence-corrected chi connectivity index (χ3v) is 5.86. The van der Waals surface area contributed by atoms with Crippen LogP contribution in [-0.2, 0) is 16.8 Å². The second-order valence-corrected chi connectivity index (χ2v) is 7.91. The molecule has 2 heterocycles. The van der Waals surface area contributed by atoms with Gasteiger partial charge in [-0.05, 0) is 44.5 Å². The van der Waals surface area contributed by atoms with Gasteiger partial charge in [0.1, 0.15) is 16.2 Å². The number of benzene rings is 1. The van der Waals surface area contributed by atoms with Gasteiger partial charge in [0.25, 0.3) is 5.56 Å². The van der Waals surface area contributed by atoms with Gasteiger partial charge in [0.2, 0.25) is 0 Å². The van der Waals surface area contributed by atoms with Crippen LogP contribution in [0.3, 0.4) is 0 Å². The minimum absolute atomic E-state index is 0.273. The summed E-state index contributed by atoms with van der Waals surface area (Å²) < 4.78 is 11.9. The smallest absolute Gasteiger partial charge is 0.329 e. The zero-order valence-electron chi connectivity index (χ0n) is 16.4. The number of hydrogen-bond donors (Lipinski definition) is 1. The van der Waals surface area contributed by atoms with Gasteiger partial charge in [-0.15, -0.1) is 11.3 Å². The summed E-state index contributed by atoms with van der Waals surface area (Å²) in [5.41, 5.74) is -1.30. The van der Waals surface area contributed by atoms with Crippen LogP contribution >= 0.6 is 11.3 Å². The van der Waals surface area contributed by atoms with E-state index >= 15 is 0 Å². The molecule has 0 atom stereocenters. The van der Waals surface area contributed by atoms with Gasteiger partial charge >= 0.3 is 5.97 Å². The zero-order valence-corrected chi connectivity index (χ0v) is 17.2. The third kappa shape index (κ3) is 3.13. The molecule has 148 valence electrons. The maximum atomic E-state index is 13.3. The number of methoxy groups -OCH3 is 2. The van der Waals surface area contributed by atoms with E-state index in [0.717, 1.165) is 11.3 Å². The van der Waals surface area contributed by atoms with E-state index in [-0.39, 0.29) is 11.4 Å². The summed E-state index contributed by atoms with van der Waals surface area (Å²) in [7, 11) is 3.04. The summed E-state index contributed by atoms with van der Waals surface area (Å²) in [6, 6.07) is 6.92. The molecule has 7 nitrogen and oxygen atoms in total. The van der Waals surface area contributed by atoms with Crippen LogP contribution in [0.5, 0.6) is 11.5 Å². The number of thiophene rings is 1. The van der Waals surface area contributed by atoms with E-state index < -0.39 is 11.5 Å². The van der Waals surface area contributed by atoms with E-state index in [9.17, 15) is 14.7 Å². The Hall–Kier alpha value is -2.87. The van der Waals surface area contributed by atoms with E-state index in [1.165, 1.54) is 44.0 Å². The standard InChI is InChI=1S/C20H22N2O5S/c1-6-12-10-13-17(28-12)21-16(22(18(13)23)20(2,3)19(24)25)11-7-8-14(26-4)15(9-11)27-5/h7-10H,6H2,1-5H3,(H,24,25). The molecule has 1 aromatic carbocycles. The molecule has 0 spiro atoms. The molecule has 0 radical (unpaired) electrons. The molecular weight excluding hydrogens is 380 g/mol. The SMILES string of the molecule is CCc1cc2c(=O)n(C(C)(C)C(=O)O)c(-c3ccc(OC)c(OC)c3)nc2s1. The Kier molecular flexibility index (Phi) is 5.16. The first-order valence-electron chi connectivity index (χ1n) is 8.76. The molecule has 0 unspecified atom stereocenters. The van der Waals surface area contributed by atoms with E-state index in [0.29, 0.717) is 27.3 Å². The van der Waals surface area contributed by atoms with Crippen molar-refractivity contribution in [2.75, 3.05) is 14.2 Å². The lowest BCUT2D eigenvalue weighted by atomic mass is 10.0. The van der Waals surface area contributed by atoms with Crippen molar-refractivity contribution in [2.45, 2.75) is 32.7 Å². The second-order valence-electron chi connectivity index (χ2n) is 6.79. The van der Waals surface area contributed by atoms with Crippen molar-refractivity contribution >= 4 is 27.5 Å². The summed E-state index contributed by atoms with van der Waals surface area (Å²) >= 11 is 1.44. The minimum Gasteiger partial charge on any atom is -0.493 e. The Morgan fingerprint density at radius 1 is 1.21 bits per heavy atom. The number of hydrogen-bond acceptors (Lipinski definition) is 6. The quantitative estimate of drug-likeness (QED) is 0.678. The van der Waals surface area contributed by atoms with Crippen molar-refractivity contribution in [3.63, 3.8) is 0 Å². The highest BCUT2D eigenvalue weighted by Gasteiger charge is 2.34. The normalized spacial score (nSPS) is 11.6. The highest BCUT2D eigenvalue weighted by molar-refractivity contribution is 7.18. The molecule has 28 heavy (non-hydrogen) atoms. The molecule has 0 bridgehead atoms. The first-order chi connectivity index (χ1) is 13.2. The molecule has 2 aromatic heterocycles. The van der Waals surface area contributed by atoms with Gasteiger partial charge < -0.3 is 14.6 Å². The number of aliphatic carboxylic acids is 1. The van der Waals surface area contributed by atoms with Gasteiger partial charge in [0.05, 0.1) is 19.6 Å². The van der Waals surface area contributed by atoms with Crippen LogP contribution in [0, 0.1) is 0 Å².